The standard InChI is InChI=1S/C15H22FNO/c1-2-14(11-5-3-7-13(16)9-11)17-15-8-4-6-12(15)10-18/h3,5,7,9,12,14-15,17-18H,2,4,6,8,10H2,1H3. The van der Waals surface area contributed by atoms with Crippen LogP contribution >= 0.6 is 0 Å². The maximum absolute atomic E-state index is 13.3. The molecule has 3 unspecified atom stereocenters. The molecule has 2 nitrogen and oxygen atoms in total. The maximum Gasteiger partial charge on any atom is 0.123 e. The van der Waals surface area contributed by atoms with Gasteiger partial charge in [-0.15, -0.1) is 0 Å². The fraction of sp³-hybridized carbons (Fsp3) is 0.600. The third-order valence-corrected chi connectivity index (χ3v) is 3.97. The van der Waals surface area contributed by atoms with Crippen LogP contribution in [0.15, 0.2) is 24.3 Å². The minimum absolute atomic E-state index is 0.179. The zero-order valence-corrected chi connectivity index (χ0v) is 10.9. The van der Waals surface area contributed by atoms with Gasteiger partial charge in [-0.05, 0) is 42.9 Å². The summed E-state index contributed by atoms with van der Waals surface area (Å²) in [7, 11) is 0. The zero-order chi connectivity index (χ0) is 13.0. The van der Waals surface area contributed by atoms with Gasteiger partial charge in [0.15, 0.2) is 0 Å². The van der Waals surface area contributed by atoms with Crippen molar-refractivity contribution in [2.24, 2.45) is 5.92 Å². The molecule has 1 aromatic rings. The highest BCUT2D eigenvalue weighted by molar-refractivity contribution is 5.20. The zero-order valence-electron chi connectivity index (χ0n) is 10.9. The Balaban J connectivity index is 2.05. The molecular weight excluding hydrogens is 229 g/mol. The number of rotatable bonds is 5. The van der Waals surface area contributed by atoms with Crippen molar-refractivity contribution < 1.29 is 9.50 Å². The normalized spacial score (nSPS) is 25.3. The van der Waals surface area contributed by atoms with Crippen molar-refractivity contribution in [2.45, 2.75) is 44.7 Å². The van der Waals surface area contributed by atoms with Crippen LogP contribution in [0, 0.1) is 11.7 Å². The van der Waals surface area contributed by atoms with E-state index in [-0.39, 0.29) is 18.5 Å². The van der Waals surface area contributed by atoms with Crippen molar-refractivity contribution in [1.29, 1.82) is 0 Å². The van der Waals surface area contributed by atoms with Crippen LogP contribution in [0.3, 0.4) is 0 Å². The summed E-state index contributed by atoms with van der Waals surface area (Å²) >= 11 is 0. The molecule has 0 radical (unpaired) electrons. The van der Waals surface area contributed by atoms with E-state index in [2.05, 4.69) is 12.2 Å². The highest BCUT2D eigenvalue weighted by Crippen LogP contribution is 2.28. The molecule has 0 bridgehead atoms. The number of hydrogen-bond donors (Lipinski definition) is 2. The number of aliphatic hydroxyl groups excluding tert-OH is 1. The van der Waals surface area contributed by atoms with Crippen molar-refractivity contribution in [3.05, 3.63) is 35.6 Å². The van der Waals surface area contributed by atoms with Gasteiger partial charge in [0.2, 0.25) is 0 Å². The number of halogens is 1. The summed E-state index contributed by atoms with van der Waals surface area (Å²) in [6, 6.07) is 7.34. The van der Waals surface area contributed by atoms with E-state index in [9.17, 15) is 9.50 Å². The van der Waals surface area contributed by atoms with Crippen molar-refractivity contribution in [3.8, 4) is 0 Å². The van der Waals surface area contributed by atoms with Crippen molar-refractivity contribution in [2.75, 3.05) is 6.61 Å². The summed E-state index contributed by atoms with van der Waals surface area (Å²) in [6.45, 7) is 2.35. The number of aliphatic hydroxyl groups is 1. The van der Waals surface area contributed by atoms with E-state index in [1.54, 1.807) is 12.1 Å². The molecule has 2 rings (SSSR count). The molecule has 1 aliphatic carbocycles. The molecule has 0 spiro atoms. The first kappa shape index (κ1) is 13.5. The Morgan fingerprint density at radius 1 is 1.44 bits per heavy atom. The molecule has 1 saturated carbocycles. The van der Waals surface area contributed by atoms with E-state index in [1.807, 2.05) is 6.07 Å². The number of hydrogen-bond acceptors (Lipinski definition) is 2. The van der Waals surface area contributed by atoms with Crippen molar-refractivity contribution in [3.63, 3.8) is 0 Å². The predicted molar refractivity (Wildman–Crippen MR) is 70.8 cm³/mol. The molecule has 0 amide bonds. The quantitative estimate of drug-likeness (QED) is 0.843. The number of benzene rings is 1. The predicted octanol–water partition coefficient (Wildman–Crippen LogP) is 3.03. The van der Waals surface area contributed by atoms with Crippen LogP contribution in [0.25, 0.3) is 0 Å². The second-order valence-electron chi connectivity index (χ2n) is 5.16. The average molecular weight is 251 g/mol. The molecule has 1 fully saturated rings. The third kappa shape index (κ3) is 3.09. The summed E-state index contributed by atoms with van der Waals surface area (Å²) in [5.74, 6) is 0.172. The van der Waals surface area contributed by atoms with E-state index >= 15 is 0 Å². The van der Waals surface area contributed by atoms with E-state index in [4.69, 9.17) is 0 Å². The van der Waals surface area contributed by atoms with Gasteiger partial charge in [0.25, 0.3) is 0 Å². The Labute approximate surface area is 108 Å². The first-order valence-electron chi connectivity index (χ1n) is 6.87. The molecule has 0 saturated heterocycles. The minimum atomic E-state index is -0.183. The summed E-state index contributed by atoms with van der Waals surface area (Å²) < 4.78 is 13.3. The van der Waals surface area contributed by atoms with Gasteiger partial charge < -0.3 is 10.4 Å². The van der Waals surface area contributed by atoms with Gasteiger partial charge in [0.1, 0.15) is 5.82 Å². The van der Waals surface area contributed by atoms with Gasteiger partial charge in [0.05, 0.1) is 0 Å². The van der Waals surface area contributed by atoms with Crippen molar-refractivity contribution >= 4 is 0 Å². The van der Waals surface area contributed by atoms with Gasteiger partial charge in [-0.3, -0.25) is 0 Å². The molecule has 2 N–H and O–H groups in total. The van der Waals surface area contributed by atoms with Gasteiger partial charge in [-0.2, -0.15) is 0 Å². The topological polar surface area (TPSA) is 32.3 Å². The number of nitrogens with one attached hydrogen (secondary N) is 1. The molecular formula is C15H22FNO. The Morgan fingerprint density at radius 2 is 2.28 bits per heavy atom. The Morgan fingerprint density at radius 3 is 2.94 bits per heavy atom. The summed E-state index contributed by atoms with van der Waals surface area (Å²) in [6.07, 6.45) is 4.30. The molecule has 100 valence electrons. The molecule has 3 heteroatoms. The van der Waals surface area contributed by atoms with E-state index in [0.29, 0.717) is 12.0 Å². The van der Waals surface area contributed by atoms with Gasteiger partial charge in [-0.25, -0.2) is 4.39 Å². The van der Waals surface area contributed by atoms with Crippen LogP contribution < -0.4 is 5.32 Å². The van der Waals surface area contributed by atoms with Crippen LogP contribution in [0.5, 0.6) is 0 Å². The lowest BCUT2D eigenvalue weighted by Crippen LogP contribution is -2.36. The van der Waals surface area contributed by atoms with Crippen LogP contribution in [0.2, 0.25) is 0 Å². The fourth-order valence-corrected chi connectivity index (χ4v) is 2.91. The molecule has 18 heavy (non-hydrogen) atoms. The highest BCUT2D eigenvalue weighted by atomic mass is 19.1. The third-order valence-electron chi connectivity index (χ3n) is 3.97. The Kier molecular flexibility index (Phi) is 4.72. The SMILES string of the molecule is CCC(NC1CCCC1CO)c1cccc(F)c1. The summed E-state index contributed by atoms with van der Waals surface area (Å²) in [4.78, 5) is 0. The van der Waals surface area contributed by atoms with Crippen LogP contribution in [-0.4, -0.2) is 17.8 Å². The molecule has 0 aromatic heterocycles. The Bertz CT molecular complexity index is 383. The second kappa shape index (κ2) is 6.30. The molecule has 0 heterocycles. The fourth-order valence-electron chi connectivity index (χ4n) is 2.91. The van der Waals surface area contributed by atoms with E-state index < -0.39 is 0 Å². The summed E-state index contributed by atoms with van der Waals surface area (Å²) in [5.41, 5.74) is 1.00. The van der Waals surface area contributed by atoms with E-state index in [1.165, 1.54) is 12.5 Å². The molecule has 0 aliphatic heterocycles. The molecule has 1 aromatic carbocycles. The first-order valence-corrected chi connectivity index (χ1v) is 6.87. The van der Waals surface area contributed by atoms with Crippen molar-refractivity contribution in [1.82, 2.24) is 5.32 Å². The van der Waals surface area contributed by atoms with Crippen LogP contribution in [0.1, 0.15) is 44.2 Å². The van der Waals surface area contributed by atoms with Crippen LogP contribution in [0.4, 0.5) is 4.39 Å². The van der Waals surface area contributed by atoms with E-state index in [0.717, 1.165) is 24.8 Å². The Hall–Kier alpha value is -0.930. The lowest BCUT2D eigenvalue weighted by Gasteiger charge is -2.26. The molecule has 3 atom stereocenters. The van der Waals surface area contributed by atoms with Gasteiger partial charge in [-0.1, -0.05) is 25.5 Å². The molecule has 1 aliphatic rings. The largest absolute Gasteiger partial charge is 0.396 e. The van der Waals surface area contributed by atoms with Gasteiger partial charge in [0, 0.05) is 18.7 Å². The maximum atomic E-state index is 13.3. The van der Waals surface area contributed by atoms with Gasteiger partial charge >= 0.3 is 0 Å². The van der Waals surface area contributed by atoms with Crippen LogP contribution in [-0.2, 0) is 0 Å². The minimum Gasteiger partial charge on any atom is -0.396 e. The lowest BCUT2D eigenvalue weighted by molar-refractivity contribution is 0.198. The highest BCUT2D eigenvalue weighted by Gasteiger charge is 2.28. The lowest BCUT2D eigenvalue weighted by atomic mass is 9.99. The average Bonchev–Trinajstić information content (AvgIpc) is 2.83. The summed E-state index contributed by atoms with van der Waals surface area (Å²) in [5, 5.41) is 12.9. The smallest absolute Gasteiger partial charge is 0.123 e. The monoisotopic (exact) mass is 251 g/mol. The first-order chi connectivity index (χ1) is 8.74. The second-order valence-corrected chi connectivity index (χ2v) is 5.16.